The highest BCUT2D eigenvalue weighted by molar-refractivity contribution is 9.09. The summed E-state index contributed by atoms with van der Waals surface area (Å²) in [4.78, 5) is 16.0. The van der Waals surface area contributed by atoms with Crippen molar-refractivity contribution in [3.63, 3.8) is 0 Å². The largest absolute Gasteiger partial charge is 0.464 e. The van der Waals surface area contributed by atoms with E-state index in [1.165, 1.54) is 7.11 Å². The molecule has 12 heavy (non-hydrogen) atoms. The van der Waals surface area contributed by atoms with Crippen molar-refractivity contribution in [3.05, 3.63) is 0 Å². The Morgan fingerprint density at radius 2 is 2.58 bits per heavy atom. The van der Waals surface area contributed by atoms with Crippen LogP contribution in [0.5, 0.6) is 0 Å². The number of methoxy groups -OCH3 is 1. The van der Waals surface area contributed by atoms with Gasteiger partial charge in [0.1, 0.15) is 0 Å². The number of hydrogen-bond donors (Lipinski definition) is 0. The average molecular weight is 236 g/mol. The van der Waals surface area contributed by atoms with E-state index in [-0.39, 0.29) is 0 Å². The predicted molar refractivity (Wildman–Crippen MR) is 47.4 cm³/mol. The van der Waals surface area contributed by atoms with E-state index in [1.54, 1.807) is 0 Å². The van der Waals surface area contributed by atoms with E-state index >= 15 is 0 Å². The Morgan fingerprint density at radius 1 is 1.92 bits per heavy atom. The fourth-order valence-electron chi connectivity index (χ4n) is 0.883. The smallest absolute Gasteiger partial charge is 0.355 e. The molecule has 0 aromatic heterocycles. The summed E-state index contributed by atoms with van der Waals surface area (Å²) in [5, 5.41) is 4.29. The first-order chi connectivity index (χ1) is 5.61. The zero-order valence-corrected chi connectivity index (χ0v) is 8.55. The second-order valence-corrected chi connectivity index (χ2v) is 3.44. The van der Waals surface area contributed by atoms with Gasteiger partial charge in [0.15, 0.2) is 11.3 Å². The monoisotopic (exact) mass is 235 g/mol. The van der Waals surface area contributed by atoms with Gasteiger partial charge in [0, 0.05) is 11.8 Å². The molecule has 0 radical (unpaired) electrons. The average Bonchev–Trinajstić information content (AvgIpc) is 2.48. The van der Waals surface area contributed by atoms with Crippen LogP contribution in [-0.2, 0) is 14.4 Å². The summed E-state index contributed by atoms with van der Waals surface area (Å²) >= 11 is 3.28. The van der Waals surface area contributed by atoms with Gasteiger partial charge < -0.3 is 9.57 Å². The number of carbonyl (C=O) groups is 1. The number of nitrogens with zero attached hydrogens (tertiary/aromatic N) is 1. The number of esters is 1. The number of alkyl halides is 1. The molecule has 0 spiro atoms. The van der Waals surface area contributed by atoms with Gasteiger partial charge in [0.25, 0.3) is 0 Å². The van der Waals surface area contributed by atoms with Crippen LogP contribution >= 0.6 is 15.9 Å². The summed E-state index contributed by atoms with van der Waals surface area (Å²) in [6, 6.07) is 0. The second-order valence-electron chi connectivity index (χ2n) is 2.88. The van der Waals surface area contributed by atoms with Crippen LogP contribution in [0, 0.1) is 0 Å². The van der Waals surface area contributed by atoms with Crippen LogP contribution in [0.1, 0.15) is 13.3 Å². The molecule has 0 saturated heterocycles. The van der Waals surface area contributed by atoms with Crippen LogP contribution < -0.4 is 0 Å². The fourth-order valence-corrected chi connectivity index (χ4v) is 1.18. The minimum absolute atomic E-state index is 0.347. The molecule has 68 valence electrons. The van der Waals surface area contributed by atoms with Gasteiger partial charge in [-0.15, -0.1) is 0 Å². The molecule has 1 aliphatic heterocycles. The standard InChI is InChI=1S/C7H10BrNO3/c1-7(4-8)3-5(9-12-7)6(10)11-2/h3-4H2,1-2H3. The minimum Gasteiger partial charge on any atom is -0.464 e. The maximum absolute atomic E-state index is 11.0. The summed E-state index contributed by atoms with van der Waals surface area (Å²) < 4.78 is 4.51. The quantitative estimate of drug-likeness (QED) is 0.532. The summed E-state index contributed by atoms with van der Waals surface area (Å²) in [7, 11) is 1.33. The van der Waals surface area contributed by atoms with E-state index in [4.69, 9.17) is 4.84 Å². The zero-order chi connectivity index (χ0) is 9.19. The first kappa shape index (κ1) is 9.51. The molecule has 0 saturated carbocycles. The van der Waals surface area contributed by atoms with E-state index in [0.29, 0.717) is 17.5 Å². The van der Waals surface area contributed by atoms with Gasteiger partial charge in [-0.1, -0.05) is 21.1 Å². The summed E-state index contributed by atoms with van der Waals surface area (Å²) in [6.45, 7) is 1.88. The highest BCUT2D eigenvalue weighted by atomic mass is 79.9. The number of oxime groups is 1. The maximum atomic E-state index is 11.0. The van der Waals surface area contributed by atoms with Crippen LogP contribution in [0.4, 0.5) is 0 Å². The molecular weight excluding hydrogens is 226 g/mol. The number of hydrogen-bond acceptors (Lipinski definition) is 4. The molecule has 0 amide bonds. The SMILES string of the molecule is COC(=O)C1=NOC(C)(CBr)C1. The Hall–Kier alpha value is -0.580. The summed E-state index contributed by atoms with van der Waals surface area (Å²) in [5.41, 5.74) is -0.0526. The minimum atomic E-state index is -0.417. The highest BCUT2D eigenvalue weighted by Crippen LogP contribution is 2.25. The number of halogens is 1. The van der Waals surface area contributed by atoms with E-state index in [0.717, 1.165) is 0 Å². The molecule has 0 N–H and O–H groups in total. The van der Waals surface area contributed by atoms with E-state index < -0.39 is 11.6 Å². The molecule has 1 aliphatic rings. The third kappa shape index (κ3) is 1.77. The van der Waals surface area contributed by atoms with Gasteiger partial charge in [0.2, 0.25) is 0 Å². The van der Waals surface area contributed by atoms with Crippen molar-refractivity contribution in [2.75, 3.05) is 12.4 Å². The Morgan fingerprint density at radius 3 is 3.00 bits per heavy atom. The lowest BCUT2D eigenvalue weighted by Gasteiger charge is -2.16. The van der Waals surface area contributed by atoms with Crippen LogP contribution in [0.2, 0.25) is 0 Å². The van der Waals surface area contributed by atoms with Crippen LogP contribution in [-0.4, -0.2) is 29.7 Å². The fraction of sp³-hybridized carbons (Fsp3) is 0.714. The Balaban J connectivity index is 2.59. The van der Waals surface area contributed by atoms with E-state index in [2.05, 4.69) is 25.8 Å². The van der Waals surface area contributed by atoms with E-state index in [1.807, 2.05) is 6.92 Å². The van der Waals surface area contributed by atoms with Crippen molar-refractivity contribution in [1.29, 1.82) is 0 Å². The Bertz CT molecular complexity index is 229. The van der Waals surface area contributed by atoms with Gasteiger partial charge in [-0.2, -0.15) is 0 Å². The number of rotatable bonds is 2. The van der Waals surface area contributed by atoms with Crippen molar-refractivity contribution >= 4 is 27.6 Å². The topological polar surface area (TPSA) is 47.9 Å². The van der Waals surface area contributed by atoms with E-state index in [9.17, 15) is 4.79 Å². The summed E-state index contributed by atoms with van der Waals surface area (Å²) in [6.07, 6.45) is 0.491. The van der Waals surface area contributed by atoms with Gasteiger partial charge in [-0.25, -0.2) is 4.79 Å². The number of ether oxygens (including phenoxy) is 1. The third-order valence-electron chi connectivity index (χ3n) is 1.62. The van der Waals surface area contributed by atoms with Crippen molar-refractivity contribution in [1.82, 2.24) is 0 Å². The van der Waals surface area contributed by atoms with Crippen molar-refractivity contribution < 1.29 is 14.4 Å². The lowest BCUT2D eigenvalue weighted by atomic mass is 10.0. The Kier molecular flexibility index (Phi) is 2.72. The highest BCUT2D eigenvalue weighted by Gasteiger charge is 2.36. The van der Waals surface area contributed by atoms with Crippen molar-refractivity contribution in [2.45, 2.75) is 18.9 Å². The van der Waals surface area contributed by atoms with Gasteiger partial charge in [-0.05, 0) is 6.92 Å². The van der Waals surface area contributed by atoms with Crippen LogP contribution in [0.25, 0.3) is 0 Å². The summed E-state index contributed by atoms with van der Waals surface area (Å²) in [5.74, 6) is -0.417. The number of carbonyl (C=O) groups excluding carboxylic acids is 1. The maximum Gasteiger partial charge on any atom is 0.355 e. The van der Waals surface area contributed by atoms with Crippen molar-refractivity contribution in [3.8, 4) is 0 Å². The van der Waals surface area contributed by atoms with Gasteiger partial charge in [-0.3, -0.25) is 0 Å². The predicted octanol–water partition coefficient (Wildman–Crippen LogP) is 1.09. The van der Waals surface area contributed by atoms with Gasteiger partial charge in [0.05, 0.1) is 7.11 Å². The lowest BCUT2D eigenvalue weighted by molar-refractivity contribution is -0.132. The molecule has 0 bridgehead atoms. The molecule has 5 heteroatoms. The molecular formula is C7H10BrNO3. The molecule has 0 fully saturated rings. The molecule has 0 aliphatic carbocycles. The second kappa shape index (κ2) is 3.43. The molecule has 1 heterocycles. The molecule has 1 unspecified atom stereocenters. The van der Waals surface area contributed by atoms with Crippen LogP contribution in [0.3, 0.4) is 0 Å². The molecule has 0 aromatic rings. The zero-order valence-electron chi connectivity index (χ0n) is 6.96. The van der Waals surface area contributed by atoms with Crippen molar-refractivity contribution in [2.24, 2.45) is 5.16 Å². The Labute approximate surface area is 79.0 Å². The molecule has 0 aromatic carbocycles. The first-order valence-electron chi connectivity index (χ1n) is 3.50. The normalized spacial score (nSPS) is 27.8. The lowest BCUT2D eigenvalue weighted by Crippen LogP contribution is -2.28. The molecule has 1 rings (SSSR count). The third-order valence-corrected chi connectivity index (χ3v) is 2.81. The first-order valence-corrected chi connectivity index (χ1v) is 4.63. The molecule has 4 nitrogen and oxygen atoms in total. The van der Waals surface area contributed by atoms with Crippen LogP contribution in [0.15, 0.2) is 5.16 Å². The molecule has 1 atom stereocenters. The van der Waals surface area contributed by atoms with Gasteiger partial charge >= 0.3 is 5.97 Å².